The van der Waals surface area contributed by atoms with Crippen molar-refractivity contribution in [3.05, 3.63) is 42.1 Å². The normalized spacial score (nSPS) is 10.6. The molecule has 2 rings (SSSR count). The number of aliphatic hydroxyl groups excluding tert-OH is 1. The van der Waals surface area contributed by atoms with Gasteiger partial charge in [0, 0.05) is 18.6 Å². The van der Waals surface area contributed by atoms with Crippen LogP contribution in [0.2, 0.25) is 0 Å². The third-order valence-corrected chi connectivity index (χ3v) is 2.34. The van der Waals surface area contributed by atoms with Crippen LogP contribution >= 0.6 is 0 Å². The fourth-order valence-corrected chi connectivity index (χ4v) is 1.54. The van der Waals surface area contributed by atoms with Crippen molar-refractivity contribution >= 4 is 0 Å². The van der Waals surface area contributed by atoms with E-state index in [-0.39, 0.29) is 12.4 Å². The number of benzene rings is 1. The molecule has 0 saturated carbocycles. The summed E-state index contributed by atoms with van der Waals surface area (Å²) in [5, 5.41) is 8.70. The Morgan fingerprint density at radius 2 is 2.25 bits per heavy atom. The summed E-state index contributed by atoms with van der Waals surface area (Å²) >= 11 is 0. The molecule has 0 bridgehead atoms. The molecule has 0 radical (unpaired) electrons. The molecule has 0 amide bonds. The number of aromatic nitrogens is 2. The molecule has 0 fully saturated rings. The van der Waals surface area contributed by atoms with Crippen molar-refractivity contribution in [3.63, 3.8) is 0 Å². The predicted molar refractivity (Wildman–Crippen MR) is 59.4 cm³/mol. The summed E-state index contributed by atoms with van der Waals surface area (Å²) in [4.78, 5) is 7.27. The minimum absolute atomic E-state index is 0.149. The highest BCUT2D eigenvalue weighted by atomic mass is 19.1. The van der Waals surface area contributed by atoms with E-state index in [4.69, 9.17) is 5.11 Å². The lowest BCUT2D eigenvalue weighted by atomic mass is 10.2. The second-order valence-electron chi connectivity index (χ2n) is 3.58. The van der Waals surface area contributed by atoms with Crippen molar-refractivity contribution in [2.45, 2.75) is 12.8 Å². The van der Waals surface area contributed by atoms with Gasteiger partial charge in [-0.05, 0) is 18.6 Å². The average molecular weight is 220 g/mol. The minimum atomic E-state index is -0.260. The number of halogens is 1. The lowest BCUT2D eigenvalue weighted by Gasteiger charge is -1.97. The van der Waals surface area contributed by atoms with Crippen LogP contribution in [-0.2, 0) is 6.42 Å². The Morgan fingerprint density at radius 1 is 1.38 bits per heavy atom. The first-order valence-electron chi connectivity index (χ1n) is 5.20. The van der Waals surface area contributed by atoms with Crippen LogP contribution in [0.4, 0.5) is 4.39 Å². The van der Waals surface area contributed by atoms with Gasteiger partial charge < -0.3 is 10.1 Å². The number of aryl methyl sites for hydroxylation is 1. The Bertz CT molecular complexity index is 468. The van der Waals surface area contributed by atoms with E-state index in [9.17, 15) is 4.39 Å². The third kappa shape index (κ3) is 2.46. The fraction of sp³-hybridized carbons (Fsp3) is 0.250. The maximum Gasteiger partial charge on any atom is 0.123 e. The molecular formula is C12H13FN2O. The molecule has 84 valence electrons. The van der Waals surface area contributed by atoms with Gasteiger partial charge in [0.2, 0.25) is 0 Å². The van der Waals surface area contributed by atoms with Gasteiger partial charge in [0.15, 0.2) is 0 Å². The zero-order valence-corrected chi connectivity index (χ0v) is 8.78. The monoisotopic (exact) mass is 220 g/mol. The van der Waals surface area contributed by atoms with Gasteiger partial charge in [0.25, 0.3) is 0 Å². The summed E-state index contributed by atoms with van der Waals surface area (Å²) in [6, 6.07) is 6.36. The van der Waals surface area contributed by atoms with E-state index >= 15 is 0 Å². The number of aromatic amines is 1. The SMILES string of the molecule is OCCCc1ncc(-c2cccc(F)c2)[nH]1. The standard InChI is InChI=1S/C12H13FN2O/c13-10-4-1-3-9(7-10)11-8-14-12(15-11)5-2-6-16/h1,3-4,7-8,16H,2,5-6H2,(H,14,15). The van der Waals surface area contributed by atoms with Gasteiger partial charge in [-0.15, -0.1) is 0 Å². The first kappa shape index (κ1) is 10.8. The van der Waals surface area contributed by atoms with Crippen molar-refractivity contribution in [3.8, 4) is 11.3 Å². The van der Waals surface area contributed by atoms with E-state index < -0.39 is 0 Å². The summed E-state index contributed by atoms with van der Waals surface area (Å²) in [5.74, 6) is 0.553. The summed E-state index contributed by atoms with van der Waals surface area (Å²) in [5.41, 5.74) is 1.58. The molecule has 0 unspecified atom stereocenters. The Kier molecular flexibility index (Phi) is 3.31. The summed E-state index contributed by atoms with van der Waals surface area (Å²) < 4.78 is 13.0. The molecule has 1 aromatic carbocycles. The summed E-state index contributed by atoms with van der Waals surface area (Å²) in [6.45, 7) is 0.149. The van der Waals surface area contributed by atoms with Crippen LogP contribution in [0.3, 0.4) is 0 Å². The molecule has 3 nitrogen and oxygen atoms in total. The molecule has 4 heteroatoms. The molecule has 0 spiro atoms. The molecule has 0 atom stereocenters. The maximum absolute atomic E-state index is 13.0. The van der Waals surface area contributed by atoms with E-state index in [0.717, 1.165) is 17.1 Å². The Balaban J connectivity index is 2.18. The quantitative estimate of drug-likeness (QED) is 0.829. The Morgan fingerprint density at radius 3 is 3.00 bits per heavy atom. The predicted octanol–water partition coefficient (Wildman–Crippen LogP) is 2.14. The molecule has 2 aromatic rings. The summed E-state index contributed by atoms with van der Waals surface area (Å²) in [7, 11) is 0. The van der Waals surface area contributed by atoms with Gasteiger partial charge in [0.05, 0.1) is 11.9 Å². The van der Waals surface area contributed by atoms with Gasteiger partial charge in [-0.2, -0.15) is 0 Å². The zero-order valence-electron chi connectivity index (χ0n) is 8.78. The number of aliphatic hydroxyl groups is 1. The van der Waals surface area contributed by atoms with E-state index in [2.05, 4.69) is 9.97 Å². The number of hydrogen-bond donors (Lipinski definition) is 2. The zero-order chi connectivity index (χ0) is 11.4. The van der Waals surface area contributed by atoms with Crippen LogP contribution in [-0.4, -0.2) is 21.7 Å². The van der Waals surface area contributed by atoms with Crippen molar-refractivity contribution < 1.29 is 9.50 Å². The van der Waals surface area contributed by atoms with Crippen LogP contribution in [0.25, 0.3) is 11.3 Å². The number of nitrogens with zero attached hydrogens (tertiary/aromatic N) is 1. The van der Waals surface area contributed by atoms with Crippen LogP contribution in [0.1, 0.15) is 12.2 Å². The van der Waals surface area contributed by atoms with Gasteiger partial charge in [0.1, 0.15) is 11.6 Å². The smallest absolute Gasteiger partial charge is 0.123 e. The maximum atomic E-state index is 13.0. The fourth-order valence-electron chi connectivity index (χ4n) is 1.54. The van der Waals surface area contributed by atoms with Crippen LogP contribution in [0.5, 0.6) is 0 Å². The number of imidazole rings is 1. The molecule has 16 heavy (non-hydrogen) atoms. The van der Waals surface area contributed by atoms with Crippen molar-refractivity contribution in [2.24, 2.45) is 0 Å². The van der Waals surface area contributed by atoms with Crippen molar-refractivity contribution in [1.29, 1.82) is 0 Å². The highest BCUT2D eigenvalue weighted by molar-refractivity contribution is 5.58. The average Bonchev–Trinajstić information content (AvgIpc) is 2.75. The van der Waals surface area contributed by atoms with Gasteiger partial charge in [-0.3, -0.25) is 0 Å². The van der Waals surface area contributed by atoms with Gasteiger partial charge in [-0.25, -0.2) is 9.37 Å². The molecule has 0 aliphatic carbocycles. The first-order chi connectivity index (χ1) is 7.79. The van der Waals surface area contributed by atoms with Crippen molar-refractivity contribution in [2.75, 3.05) is 6.61 Å². The number of H-pyrrole nitrogens is 1. The second-order valence-corrected chi connectivity index (χ2v) is 3.58. The Hall–Kier alpha value is -1.68. The van der Waals surface area contributed by atoms with Crippen LogP contribution in [0.15, 0.2) is 30.5 Å². The molecule has 0 saturated heterocycles. The van der Waals surface area contributed by atoms with Gasteiger partial charge in [-0.1, -0.05) is 12.1 Å². The van der Waals surface area contributed by atoms with Crippen molar-refractivity contribution in [1.82, 2.24) is 9.97 Å². The lowest BCUT2D eigenvalue weighted by Crippen LogP contribution is -1.91. The third-order valence-electron chi connectivity index (χ3n) is 2.34. The first-order valence-corrected chi connectivity index (χ1v) is 5.20. The van der Waals surface area contributed by atoms with E-state index in [1.807, 2.05) is 6.07 Å². The van der Waals surface area contributed by atoms with Crippen LogP contribution < -0.4 is 0 Å². The summed E-state index contributed by atoms with van der Waals surface area (Å²) in [6.07, 6.45) is 3.06. The molecule has 1 heterocycles. The molecule has 0 aliphatic rings. The number of hydrogen-bond acceptors (Lipinski definition) is 2. The molecule has 2 N–H and O–H groups in total. The topological polar surface area (TPSA) is 48.9 Å². The van der Waals surface area contributed by atoms with E-state index in [1.165, 1.54) is 12.1 Å². The largest absolute Gasteiger partial charge is 0.396 e. The highest BCUT2D eigenvalue weighted by Crippen LogP contribution is 2.18. The second kappa shape index (κ2) is 4.90. The van der Waals surface area contributed by atoms with Crippen LogP contribution in [0, 0.1) is 5.82 Å². The Labute approximate surface area is 93.0 Å². The highest BCUT2D eigenvalue weighted by Gasteiger charge is 2.03. The minimum Gasteiger partial charge on any atom is -0.396 e. The lowest BCUT2D eigenvalue weighted by molar-refractivity contribution is 0.287. The molecular weight excluding hydrogens is 207 g/mol. The van der Waals surface area contributed by atoms with E-state index in [1.54, 1.807) is 12.3 Å². The van der Waals surface area contributed by atoms with E-state index in [0.29, 0.717) is 12.8 Å². The number of rotatable bonds is 4. The van der Waals surface area contributed by atoms with Gasteiger partial charge >= 0.3 is 0 Å². The molecule has 1 aromatic heterocycles. The number of nitrogens with one attached hydrogen (secondary N) is 1. The molecule has 0 aliphatic heterocycles.